The van der Waals surface area contributed by atoms with Gasteiger partial charge in [-0.15, -0.1) is 0 Å². The number of esters is 3. The predicted octanol–water partition coefficient (Wildman–Crippen LogP) is 16.6. The van der Waals surface area contributed by atoms with Crippen LogP contribution in [-0.4, -0.2) is 119 Å². The molecule has 0 aromatic heterocycles. The van der Waals surface area contributed by atoms with Crippen molar-refractivity contribution in [2.75, 3.05) is 19.8 Å². The van der Waals surface area contributed by atoms with Gasteiger partial charge in [-0.2, -0.15) is 0 Å². The number of aliphatic carboxylic acids is 1. The van der Waals surface area contributed by atoms with Gasteiger partial charge in [0, 0.05) is 24.7 Å². The molecule has 0 bridgehead atoms. The molecule has 95 heavy (non-hydrogen) atoms. The topological polar surface area (TPSA) is 245 Å². The number of halogens is 2. The van der Waals surface area contributed by atoms with Gasteiger partial charge in [-0.05, 0) is 183 Å². The Morgan fingerprint density at radius 2 is 0.926 bits per heavy atom. The van der Waals surface area contributed by atoms with Gasteiger partial charge in [0.2, 0.25) is 20.1 Å². The maximum atomic E-state index is 14.5. The van der Waals surface area contributed by atoms with Gasteiger partial charge in [0.05, 0.1) is 22.9 Å². The predicted molar refractivity (Wildman–Crippen MR) is 391 cm³/mol. The molecule has 6 atom stereocenters. The van der Waals surface area contributed by atoms with Crippen LogP contribution in [0.15, 0.2) is 36.4 Å². The number of ketones is 1. The van der Waals surface area contributed by atoms with Crippen LogP contribution in [0.4, 0.5) is 0 Å². The summed E-state index contributed by atoms with van der Waals surface area (Å²) < 4.78 is 40.0. The molecule has 23 heteroatoms. The summed E-state index contributed by atoms with van der Waals surface area (Å²) in [4.78, 5) is 110. The van der Waals surface area contributed by atoms with Crippen LogP contribution in [0, 0.1) is 28.6 Å². The molecule has 0 saturated heterocycles. The number of Topliss-reactive ketones (excluding diaryl/α,β-unsaturated/α-hetero) is 1. The highest BCUT2D eigenvalue weighted by Crippen LogP contribution is 2.48. The molecule has 2 rings (SSSR count). The number of unbranched alkanes of at least 4 members (excludes halogenated alkanes) is 3. The van der Waals surface area contributed by atoms with E-state index < -0.39 is 103 Å². The second kappa shape index (κ2) is 34.0. The zero-order chi connectivity index (χ0) is 73.6. The van der Waals surface area contributed by atoms with Gasteiger partial charge in [0.15, 0.2) is 6.23 Å². The Morgan fingerprint density at radius 1 is 0.516 bits per heavy atom. The van der Waals surface area contributed by atoms with Gasteiger partial charge >= 0.3 is 23.9 Å². The molecule has 18 nitrogen and oxygen atoms in total. The number of nitrogens with one attached hydrogen (secondary N) is 2. The Morgan fingerprint density at radius 3 is 1.37 bits per heavy atom. The second-order valence-electron chi connectivity index (χ2n) is 33.1. The number of benzene rings is 2. The van der Waals surface area contributed by atoms with Crippen molar-refractivity contribution >= 4 is 105 Å². The van der Waals surface area contributed by atoms with E-state index in [1.807, 2.05) is 51.1 Å². The lowest BCUT2D eigenvalue weighted by atomic mass is 9.66. The van der Waals surface area contributed by atoms with E-state index in [4.69, 9.17) is 32.2 Å². The fourth-order valence-electron chi connectivity index (χ4n) is 10.7. The van der Waals surface area contributed by atoms with E-state index >= 15 is 0 Å². The van der Waals surface area contributed by atoms with Gasteiger partial charge in [-0.25, -0.2) is 4.79 Å². The molecule has 0 fully saturated rings. The Labute approximate surface area is 590 Å². The van der Waals surface area contributed by atoms with E-state index in [1.165, 1.54) is 0 Å². The number of carboxylic acid groups (broad SMARTS) is 1. The minimum Gasteiger partial charge on any atom is -0.543 e. The smallest absolute Gasteiger partial charge is 0.326 e. The van der Waals surface area contributed by atoms with Gasteiger partial charge in [-0.1, -0.05) is 152 Å². The number of ether oxygens (including phenoxy) is 4. The first-order valence-corrected chi connectivity index (χ1v) is 44.0. The highest BCUT2D eigenvalue weighted by Gasteiger charge is 2.52. The molecule has 0 radical (unpaired) electrons. The molecular formula is C72H120Br2N2O16Si3. The van der Waals surface area contributed by atoms with Gasteiger partial charge in [-0.3, -0.25) is 33.6 Å². The zero-order valence-electron chi connectivity index (χ0n) is 62.6. The highest BCUT2D eigenvalue weighted by atomic mass is 79.9. The maximum Gasteiger partial charge on any atom is 0.326 e. The third kappa shape index (κ3) is 25.6. The summed E-state index contributed by atoms with van der Waals surface area (Å²) in [5.74, 6) is -2.79. The van der Waals surface area contributed by atoms with E-state index in [1.54, 1.807) is 61.5 Å². The second-order valence-corrected chi connectivity index (χ2v) is 50.7. The summed E-state index contributed by atoms with van der Waals surface area (Å²) >= 11 is 7.21. The van der Waals surface area contributed by atoms with Crippen molar-refractivity contribution in [3.05, 3.63) is 53.1 Å². The van der Waals surface area contributed by atoms with Gasteiger partial charge in [0.1, 0.15) is 50.9 Å². The van der Waals surface area contributed by atoms with Crippen LogP contribution in [0.1, 0.15) is 212 Å². The van der Waals surface area contributed by atoms with Crippen LogP contribution in [0.2, 0.25) is 54.4 Å². The van der Waals surface area contributed by atoms with Crippen molar-refractivity contribution in [2.45, 2.75) is 291 Å². The molecule has 6 unspecified atom stereocenters. The van der Waals surface area contributed by atoms with Crippen molar-refractivity contribution < 1.29 is 75.7 Å². The molecule has 2 aromatic carbocycles. The number of amides is 2. The lowest BCUT2D eigenvalue weighted by Gasteiger charge is -2.40. The molecular weight excluding hydrogens is 1390 g/mol. The Balaban J connectivity index is 2.35. The van der Waals surface area contributed by atoms with Crippen molar-refractivity contribution in [1.82, 2.24) is 10.6 Å². The summed E-state index contributed by atoms with van der Waals surface area (Å²) in [5, 5.41) is 15.7. The Hall–Kier alpha value is -4.59. The Kier molecular flexibility index (Phi) is 30.9. The van der Waals surface area contributed by atoms with E-state index in [0.29, 0.717) is 35.5 Å². The maximum absolute atomic E-state index is 14.5. The summed E-state index contributed by atoms with van der Waals surface area (Å²) in [6.45, 7) is 50.9. The minimum atomic E-state index is -2.40. The van der Waals surface area contributed by atoms with Crippen LogP contribution in [-0.2, 0) is 70.1 Å². The van der Waals surface area contributed by atoms with Crippen LogP contribution in [0.5, 0.6) is 17.2 Å². The van der Waals surface area contributed by atoms with Crippen molar-refractivity contribution in [3.63, 3.8) is 0 Å². The van der Waals surface area contributed by atoms with E-state index in [9.17, 15) is 43.5 Å². The first-order chi connectivity index (χ1) is 43.0. The molecule has 0 aliphatic rings. The Bertz CT molecular complexity index is 2980. The normalized spacial score (nSPS) is 16.0. The molecule has 540 valence electrons. The number of carboxylic acids is 1. The monoisotopic (exact) mass is 1510 g/mol. The van der Waals surface area contributed by atoms with Gasteiger partial charge < -0.3 is 48.0 Å². The van der Waals surface area contributed by atoms with Crippen molar-refractivity contribution in [1.29, 1.82) is 0 Å². The average Bonchev–Trinajstić information content (AvgIpc) is 0.811. The SMILES string of the molecule is CCCCCC(=O)C(C)(CC(C)(C)C(=O)OCCOC(=O)C(C)(C)CC(C)(CC(C)(Br)C(=O)NC(Cc1ccc(O[Si](C)(C)C(C)(C)C)c(O[Si](C)(C)C(C)(C)C)c1)OC=O)C(=O)OCCCC)CC(C)(Br)C(=O)NC(Cc1ccc(O[Si](C)(C)C(C)(C)C)c(C)c1)C(=O)O. The number of rotatable bonds is 39. The standard InChI is InChI=1S/C72H120Br2N2O16Si3/c1-27-29-31-32-56(78)69(17,46-71(19,73)59(81)75-52(58(79)80)41-50-33-35-53(49(3)40-50)90-93(21,22)64(4,5)6)44-67(13,14)61(83)87-38-39-88-62(84)68(15,16)45-70(18,63(85)86-37-30-28-2)47-72(20,74)60(82)76-57(89-48-77)43-51-34-36-54(91-94(23,24)65(7,8)9)55(42-51)92-95(25,26)66(10,11)12/h33-36,40,42,48,52,57H,27-32,37-39,41,43-47H2,1-26H3,(H,75,81)(H,76,82)(H,79,80). The molecule has 0 aliphatic carbocycles. The quantitative estimate of drug-likeness (QED) is 0.0107. The molecule has 0 spiro atoms. The lowest BCUT2D eigenvalue weighted by Crippen LogP contribution is -2.52. The largest absolute Gasteiger partial charge is 0.543 e. The average molecular weight is 1510 g/mol. The first-order valence-electron chi connectivity index (χ1n) is 33.7. The lowest BCUT2D eigenvalue weighted by molar-refractivity contribution is -0.168. The summed E-state index contributed by atoms with van der Waals surface area (Å²) in [6, 6.07) is 9.80. The fraction of sp³-hybridized carbons (Fsp3) is 0.722. The third-order valence-electron chi connectivity index (χ3n) is 19.4. The molecule has 0 heterocycles. The van der Waals surface area contributed by atoms with E-state index in [0.717, 1.165) is 30.6 Å². The fourth-order valence-corrected chi connectivity index (χ4v) is 15.3. The van der Waals surface area contributed by atoms with Crippen molar-refractivity contribution in [3.8, 4) is 17.2 Å². The molecule has 2 aromatic rings. The van der Waals surface area contributed by atoms with Crippen LogP contribution in [0.25, 0.3) is 0 Å². The number of carbonyl (C=O) groups excluding carboxylic acids is 7. The highest BCUT2D eigenvalue weighted by molar-refractivity contribution is 9.10. The number of carbonyl (C=O) groups is 8. The number of hydrogen-bond acceptors (Lipinski definition) is 15. The summed E-state index contributed by atoms with van der Waals surface area (Å²) in [6.07, 6.45) is 2.16. The molecule has 0 saturated carbocycles. The third-order valence-corrected chi connectivity index (χ3v) is 33.7. The number of hydrogen-bond donors (Lipinski definition) is 3. The summed E-state index contributed by atoms with van der Waals surface area (Å²) in [7, 11) is -6.88. The minimum absolute atomic E-state index is 0.0146. The first kappa shape index (κ1) is 86.5. The summed E-state index contributed by atoms with van der Waals surface area (Å²) in [5.41, 5.74) is -3.25. The van der Waals surface area contributed by atoms with Crippen LogP contribution >= 0.6 is 31.9 Å². The van der Waals surface area contributed by atoms with E-state index in [-0.39, 0.29) is 92.1 Å². The molecule has 0 aliphatic heterocycles. The zero-order valence-corrected chi connectivity index (χ0v) is 68.8. The van der Waals surface area contributed by atoms with E-state index in [2.05, 4.69) is 144 Å². The molecule has 2 amide bonds. The van der Waals surface area contributed by atoms with Gasteiger partial charge in [0.25, 0.3) is 23.1 Å². The molecule has 3 N–H and O–H groups in total. The number of alkyl halides is 2. The van der Waals surface area contributed by atoms with Crippen LogP contribution in [0.3, 0.4) is 0 Å². The number of aryl methyl sites for hydroxylation is 1. The van der Waals surface area contributed by atoms with Crippen molar-refractivity contribution in [2.24, 2.45) is 21.7 Å². The van der Waals surface area contributed by atoms with Crippen LogP contribution < -0.4 is 23.9 Å².